The van der Waals surface area contributed by atoms with Gasteiger partial charge in [-0.05, 0) is 35.4 Å². The monoisotopic (exact) mass is 402 g/mol. The Labute approximate surface area is 155 Å². The van der Waals surface area contributed by atoms with Crippen molar-refractivity contribution in [2.24, 2.45) is 0 Å². The van der Waals surface area contributed by atoms with Crippen molar-refractivity contribution in [2.75, 3.05) is 26.2 Å². The minimum absolute atomic E-state index is 0.00451. The minimum Gasteiger partial charge on any atom is -0.337 e. The molecule has 5 heteroatoms. The molecule has 0 N–H and O–H groups in total. The molecule has 130 valence electrons. The second-order valence-electron chi connectivity index (χ2n) is 6.08. The maximum atomic E-state index is 12.9. The Morgan fingerprint density at radius 3 is 2.40 bits per heavy atom. The quantitative estimate of drug-likeness (QED) is 0.722. The Balaban J connectivity index is 1.50. The zero-order chi connectivity index (χ0) is 17.6. The van der Waals surface area contributed by atoms with Gasteiger partial charge in [0.15, 0.2) is 0 Å². The summed E-state index contributed by atoms with van der Waals surface area (Å²) in [7, 11) is 0. The van der Waals surface area contributed by atoms with E-state index in [9.17, 15) is 9.18 Å². The molecule has 3 rings (SSSR count). The zero-order valence-electron chi connectivity index (χ0n) is 13.9. The molecule has 1 saturated heterocycles. The molecule has 1 heterocycles. The van der Waals surface area contributed by atoms with E-state index in [4.69, 9.17) is 0 Å². The Hall–Kier alpha value is -1.98. The van der Waals surface area contributed by atoms with Crippen molar-refractivity contribution in [2.45, 2.75) is 6.54 Å². The van der Waals surface area contributed by atoms with Crippen molar-refractivity contribution >= 4 is 27.9 Å². The first-order valence-electron chi connectivity index (χ1n) is 8.30. The van der Waals surface area contributed by atoms with Gasteiger partial charge >= 0.3 is 0 Å². The van der Waals surface area contributed by atoms with Gasteiger partial charge in [0.1, 0.15) is 5.82 Å². The molecule has 0 atom stereocenters. The number of halogens is 2. The van der Waals surface area contributed by atoms with Crippen molar-refractivity contribution in [1.82, 2.24) is 9.80 Å². The van der Waals surface area contributed by atoms with E-state index in [0.717, 1.165) is 42.8 Å². The molecule has 0 saturated carbocycles. The lowest BCUT2D eigenvalue weighted by atomic mass is 10.2. The van der Waals surface area contributed by atoms with E-state index in [1.807, 2.05) is 17.0 Å². The van der Waals surface area contributed by atoms with Crippen molar-refractivity contribution in [3.8, 4) is 0 Å². The van der Waals surface area contributed by atoms with Crippen molar-refractivity contribution < 1.29 is 9.18 Å². The fourth-order valence-electron chi connectivity index (χ4n) is 2.84. The molecule has 2 aromatic carbocycles. The SMILES string of the molecule is O=C(/C=C/c1ccc(F)cc1)N1CCN(Cc2ccccc2Br)CC1. The molecule has 0 radical (unpaired) electrons. The second kappa shape index (κ2) is 8.41. The van der Waals surface area contributed by atoms with Gasteiger partial charge in [-0.3, -0.25) is 9.69 Å². The largest absolute Gasteiger partial charge is 0.337 e. The molecular formula is C20H20BrFN2O. The Morgan fingerprint density at radius 1 is 1.04 bits per heavy atom. The van der Waals surface area contributed by atoms with Gasteiger partial charge in [0.25, 0.3) is 0 Å². The summed E-state index contributed by atoms with van der Waals surface area (Å²) in [5.74, 6) is -0.269. The summed E-state index contributed by atoms with van der Waals surface area (Å²) in [6.45, 7) is 4.04. The number of benzene rings is 2. The third-order valence-corrected chi connectivity index (χ3v) is 5.10. The van der Waals surface area contributed by atoms with E-state index >= 15 is 0 Å². The van der Waals surface area contributed by atoms with Gasteiger partial charge in [0.2, 0.25) is 5.91 Å². The van der Waals surface area contributed by atoms with Gasteiger partial charge in [-0.25, -0.2) is 4.39 Å². The lowest BCUT2D eigenvalue weighted by Gasteiger charge is -2.34. The summed E-state index contributed by atoms with van der Waals surface area (Å²) in [6.07, 6.45) is 3.30. The number of amides is 1. The van der Waals surface area contributed by atoms with Crippen molar-refractivity contribution in [3.63, 3.8) is 0 Å². The highest BCUT2D eigenvalue weighted by molar-refractivity contribution is 9.10. The van der Waals surface area contributed by atoms with Gasteiger partial charge in [0, 0.05) is 43.3 Å². The number of piperazine rings is 1. The predicted octanol–water partition coefficient (Wildman–Crippen LogP) is 3.95. The second-order valence-corrected chi connectivity index (χ2v) is 6.93. The van der Waals surface area contributed by atoms with Crippen LogP contribution in [0.3, 0.4) is 0 Å². The van der Waals surface area contributed by atoms with Crippen molar-refractivity contribution in [1.29, 1.82) is 0 Å². The molecule has 25 heavy (non-hydrogen) atoms. The van der Waals surface area contributed by atoms with E-state index in [0.29, 0.717) is 0 Å². The molecule has 0 unspecified atom stereocenters. The Bertz CT molecular complexity index is 753. The standard InChI is InChI=1S/C20H20BrFN2O/c21-19-4-2-1-3-17(19)15-23-11-13-24(14-12-23)20(25)10-7-16-5-8-18(22)9-6-16/h1-10H,11-15H2/b10-7+. The average Bonchev–Trinajstić information content (AvgIpc) is 2.63. The maximum absolute atomic E-state index is 12.9. The van der Waals surface area contributed by atoms with E-state index in [1.165, 1.54) is 17.7 Å². The fourth-order valence-corrected chi connectivity index (χ4v) is 3.25. The predicted molar refractivity (Wildman–Crippen MR) is 101 cm³/mol. The van der Waals surface area contributed by atoms with E-state index in [-0.39, 0.29) is 11.7 Å². The summed E-state index contributed by atoms with van der Waals surface area (Å²) < 4.78 is 14.0. The average molecular weight is 403 g/mol. The smallest absolute Gasteiger partial charge is 0.246 e. The molecule has 0 aliphatic carbocycles. The molecular weight excluding hydrogens is 383 g/mol. The third kappa shape index (κ3) is 5.00. The van der Waals surface area contributed by atoms with Gasteiger partial charge in [-0.15, -0.1) is 0 Å². The summed E-state index contributed by atoms with van der Waals surface area (Å²) >= 11 is 3.58. The third-order valence-electron chi connectivity index (χ3n) is 4.32. The zero-order valence-corrected chi connectivity index (χ0v) is 15.5. The van der Waals surface area contributed by atoms with E-state index < -0.39 is 0 Å². The van der Waals surface area contributed by atoms with Crippen LogP contribution in [0.15, 0.2) is 59.1 Å². The number of hydrogen-bond donors (Lipinski definition) is 0. The summed E-state index contributed by atoms with van der Waals surface area (Å²) in [6, 6.07) is 14.3. The normalized spacial score (nSPS) is 15.7. The van der Waals surface area contributed by atoms with Crippen LogP contribution >= 0.6 is 15.9 Å². The first-order chi connectivity index (χ1) is 12.1. The minimum atomic E-state index is -0.273. The molecule has 1 aliphatic rings. The highest BCUT2D eigenvalue weighted by atomic mass is 79.9. The molecule has 1 fully saturated rings. The number of rotatable bonds is 4. The van der Waals surface area contributed by atoms with Gasteiger partial charge in [-0.1, -0.05) is 46.3 Å². The number of carbonyl (C=O) groups is 1. The summed E-state index contributed by atoms with van der Waals surface area (Å²) in [5, 5.41) is 0. The Morgan fingerprint density at radius 2 is 1.72 bits per heavy atom. The molecule has 3 nitrogen and oxygen atoms in total. The van der Waals surface area contributed by atoms with Crippen LogP contribution in [0.4, 0.5) is 4.39 Å². The number of hydrogen-bond acceptors (Lipinski definition) is 2. The molecule has 2 aromatic rings. The topological polar surface area (TPSA) is 23.6 Å². The lowest BCUT2D eigenvalue weighted by molar-refractivity contribution is -0.127. The maximum Gasteiger partial charge on any atom is 0.246 e. The molecule has 0 spiro atoms. The van der Waals surface area contributed by atoms with Crippen LogP contribution in [0.1, 0.15) is 11.1 Å². The van der Waals surface area contributed by atoms with E-state index in [2.05, 4.69) is 33.0 Å². The number of nitrogens with zero attached hydrogens (tertiary/aromatic N) is 2. The summed E-state index contributed by atoms with van der Waals surface area (Å²) in [4.78, 5) is 16.5. The highest BCUT2D eigenvalue weighted by Gasteiger charge is 2.20. The van der Waals surface area contributed by atoms with Crippen molar-refractivity contribution in [3.05, 3.63) is 76.0 Å². The molecule has 1 amide bonds. The van der Waals surface area contributed by atoms with Crippen LogP contribution in [-0.2, 0) is 11.3 Å². The molecule has 1 aliphatic heterocycles. The highest BCUT2D eigenvalue weighted by Crippen LogP contribution is 2.18. The van der Waals surface area contributed by atoms with Crippen LogP contribution in [0.2, 0.25) is 0 Å². The first kappa shape index (κ1) is 17.8. The first-order valence-corrected chi connectivity index (χ1v) is 9.09. The van der Waals surface area contributed by atoms with Gasteiger partial charge < -0.3 is 4.90 Å². The van der Waals surface area contributed by atoms with Gasteiger partial charge in [0.05, 0.1) is 0 Å². The number of carbonyl (C=O) groups excluding carboxylic acids is 1. The van der Waals surface area contributed by atoms with Crippen LogP contribution in [0, 0.1) is 5.82 Å². The molecule has 0 bridgehead atoms. The fraction of sp³-hybridized carbons (Fsp3) is 0.250. The lowest BCUT2D eigenvalue weighted by Crippen LogP contribution is -2.47. The summed E-state index contributed by atoms with van der Waals surface area (Å²) in [5.41, 5.74) is 2.08. The molecule has 0 aromatic heterocycles. The van der Waals surface area contributed by atoms with E-state index in [1.54, 1.807) is 24.3 Å². The van der Waals surface area contributed by atoms with Crippen LogP contribution in [0.25, 0.3) is 6.08 Å². The van der Waals surface area contributed by atoms with Crippen LogP contribution in [-0.4, -0.2) is 41.9 Å². The Kier molecular flexibility index (Phi) is 6.00. The van der Waals surface area contributed by atoms with Crippen LogP contribution in [0.5, 0.6) is 0 Å². The van der Waals surface area contributed by atoms with Crippen LogP contribution < -0.4 is 0 Å². The van der Waals surface area contributed by atoms with Gasteiger partial charge in [-0.2, -0.15) is 0 Å².